The van der Waals surface area contributed by atoms with Crippen molar-refractivity contribution < 1.29 is 19.5 Å². The number of phenols is 1. The van der Waals surface area contributed by atoms with Crippen molar-refractivity contribution in [3.8, 4) is 16.9 Å². The summed E-state index contributed by atoms with van der Waals surface area (Å²) in [6.07, 6.45) is 0. The molecule has 3 aromatic rings. The van der Waals surface area contributed by atoms with E-state index in [-0.39, 0.29) is 22.3 Å². The molecule has 0 aliphatic carbocycles. The minimum Gasteiger partial charge on any atom is -0.505 e. The molecule has 0 radical (unpaired) electrons. The Balaban J connectivity index is 2.25. The molecule has 1 heterocycles. The number of benzene rings is 2. The summed E-state index contributed by atoms with van der Waals surface area (Å²) in [6.45, 7) is 1.83. The monoisotopic (exact) mass is 303 g/mol. The molecule has 1 aromatic heterocycles. The Morgan fingerprint density at radius 1 is 1.14 bits per heavy atom. The largest absolute Gasteiger partial charge is 0.505 e. The van der Waals surface area contributed by atoms with Gasteiger partial charge in [0.05, 0.1) is 9.71 Å². The molecule has 0 bridgehead atoms. The molecule has 3 N–H and O–H groups in total. The fraction of sp³-hybridized carbons (Fsp3) is 0.0714. The highest BCUT2D eigenvalue weighted by atomic mass is 32.1. The number of fused-ring (bicyclic) bond motifs is 1. The summed E-state index contributed by atoms with van der Waals surface area (Å²) in [5.74, 6) is -0.880. The van der Waals surface area contributed by atoms with Gasteiger partial charge in [-0.15, -0.1) is 11.3 Å². The second-order valence-corrected chi connectivity index (χ2v) is 5.86. The molecule has 21 heavy (non-hydrogen) atoms. The molecule has 0 fully saturated rings. The molecule has 0 saturated heterocycles. The van der Waals surface area contributed by atoms with Gasteiger partial charge < -0.3 is 15.2 Å². The lowest BCUT2D eigenvalue weighted by Gasteiger charge is -2.09. The van der Waals surface area contributed by atoms with Crippen LogP contribution in [0.15, 0.2) is 30.3 Å². The molecular weight excluding hydrogens is 292 g/mol. The zero-order valence-corrected chi connectivity index (χ0v) is 11.9. The molecule has 106 valence electrons. The first kappa shape index (κ1) is 14.0. The molecule has 0 aliphatic heterocycles. The Hall–Kier alpha value is -1.96. The zero-order chi connectivity index (χ0) is 15.1. The average molecular weight is 303 g/mol. The minimum atomic E-state index is -1.91. The molecule has 0 atom stereocenters. The predicted molar refractivity (Wildman–Crippen MR) is 81.2 cm³/mol. The van der Waals surface area contributed by atoms with Crippen molar-refractivity contribution in [1.82, 2.24) is 4.98 Å². The zero-order valence-electron chi connectivity index (χ0n) is 11.0. The molecule has 0 amide bonds. The molecule has 7 heteroatoms. The quantitative estimate of drug-likeness (QED) is 0.631. The van der Waals surface area contributed by atoms with E-state index in [1.165, 1.54) is 29.5 Å². The van der Waals surface area contributed by atoms with E-state index in [2.05, 4.69) is 4.98 Å². The topological polar surface area (TPSA) is 73.6 Å². The smallest absolute Gasteiger partial charge is 0.491 e. The van der Waals surface area contributed by atoms with Crippen molar-refractivity contribution in [2.24, 2.45) is 0 Å². The van der Waals surface area contributed by atoms with Crippen LogP contribution in [0.5, 0.6) is 5.75 Å². The van der Waals surface area contributed by atoms with Crippen LogP contribution in [0.3, 0.4) is 0 Å². The molecule has 0 unspecified atom stereocenters. The number of aromatic nitrogens is 1. The number of aromatic hydroxyl groups is 1. The number of thiazole rings is 1. The lowest BCUT2D eigenvalue weighted by Crippen LogP contribution is -2.32. The van der Waals surface area contributed by atoms with E-state index in [1.807, 2.05) is 6.92 Å². The maximum atomic E-state index is 14.3. The highest BCUT2D eigenvalue weighted by Crippen LogP contribution is 2.38. The number of aryl methyl sites for hydroxylation is 1. The van der Waals surface area contributed by atoms with Gasteiger partial charge in [-0.3, -0.25) is 0 Å². The Labute approximate surface area is 124 Å². The summed E-state index contributed by atoms with van der Waals surface area (Å²) in [6, 6.07) is 7.62. The Morgan fingerprint density at radius 3 is 2.62 bits per heavy atom. The molecule has 0 spiro atoms. The van der Waals surface area contributed by atoms with Gasteiger partial charge in [-0.2, -0.15) is 0 Å². The second kappa shape index (κ2) is 5.11. The number of hydrogen-bond acceptors (Lipinski definition) is 5. The summed E-state index contributed by atoms with van der Waals surface area (Å²) < 4.78 is 15.2. The molecule has 0 saturated carbocycles. The first-order valence-corrected chi connectivity index (χ1v) is 7.04. The van der Waals surface area contributed by atoms with Crippen LogP contribution in [0.1, 0.15) is 5.01 Å². The van der Waals surface area contributed by atoms with Crippen molar-refractivity contribution in [1.29, 1.82) is 0 Å². The number of phenolic OH excluding ortho intramolecular Hbond substituents is 1. The third-order valence-corrected chi connectivity index (χ3v) is 4.17. The lowest BCUT2D eigenvalue weighted by atomic mass is 9.78. The summed E-state index contributed by atoms with van der Waals surface area (Å²) in [7, 11) is -1.91. The van der Waals surface area contributed by atoms with Gasteiger partial charge in [0, 0.05) is 16.6 Å². The Morgan fingerprint density at radius 2 is 1.90 bits per heavy atom. The maximum Gasteiger partial charge on any atom is 0.491 e. The Bertz CT molecular complexity index is 834. The predicted octanol–water partition coefficient (Wildman–Crippen LogP) is 1.80. The first-order chi connectivity index (χ1) is 9.99. The second-order valence-electron chi connectivity index (χ2n) is 4.62. The van der Waals surface area contributed by atoms with Crippen LogP contribution in [0, 0.1) is 12.7 Å². The van der Waals surface area contributed by atoms with Gasteiger partial charge in [0.1, 0.15) is 11.3 Å². The minimum absolute atomic E-state index is 0.102. The van der Waals surface area contributed by atoms with Crippen LogP contribution in [-0.4, -0.2) is 27.3 Å². The van der Waals surface area contributed by atoms with Gasteiger partial charge in [-0.05, 0) is 19.1 Å². The van der Waals surface area contributed by atoms with E-state index < -0.39 is 12.9 Å². The number of hydrogen-bond donors (Lipinski definition) is 3. The molecule has 0 aliphatic rings. The van der Waals surface area contributed by atoms with Gasteiger partial charge >= 0.3 is 7.12 Å². The third kappa shape index (κ3) is 2.29. The number of halogens is 1. The molecule has 3 rings (SSSR count). The van der Waals surface area contributed by atoms with Crippen LogP contribution in [0.25, 0.3) is 21.3 Å². The van der Waals surface area contributed by atoms with Gasteiger partial charge in [0.15, 0.2) is 5.75 Å². The highest BCUT2D eigenvalue weighted by molar-refractivity contribution is 7.18. The first-order valence-electron chi connectivity index (χ1n) is 6.23. The van der Waals surface area contributed by atoms with Crippen LogP contribution in [0.2, 0.25) is 0 Å². The van der Waals surface area contributed by atoms with Crippen molar-refractivity contribution in [2.75, 3.05) is 0 Å². The van der Waals surface area contributed by atoms with Gasteiger partial charge in [-0.1, -0.05) is 18.2 Å². The van der Waals surface area contributed by atoms with Crippen LogP contribution >= 0.6 is 11.3 Å². The summed E-state index contributed by atoms with van der Waals surface area (Å²) in [5, 5.41) is 29.5. The highest BCUT2D eigenvalue weighted by Gasteiger charge is 2.21. The Kier molecular flexibility index (Phi) is 3.40. The third-order valence-electron chi connectivity index (χ3n) is 3.24. The van der Waals surface area contributed by atoms with Crippen LogP contribution in [-0.2, 0) is 0 Å². The molecule has 4 nitrogen and oxygen atoms in total. The van der Waals surface area contributed by atoms with E-state index in [0.717, 1.165) is 9.71 Å². The fourth-order valence-corrected chi connectivity index (χ4v) is 3.10. The SMILES string of the molecule is Cc1nc2c(O)c(-c3cccc(B(O)O)c3F)ccc2s1. The van der Waals surface area contributed by atoms with Crippen molar-refractivity contribution >= 4 is 34.1 Å². The van der Waals surface area contributed by atoms with Crippen LogP contribution in [0.4, 0.5) is 4.39 Å². The van der Waals surface area contributed by atoms with Crippen LogP contribution < -0.4 is 5.46 Å². The number of rotatable bonds is 2. The standard InChI is InChI=1S/C14H11BFNO3S/c1-7-17-13-11(21-7)6-5-9(14(13)18)8-3-2-4-10(12(8)16)15(19)20/h2-6,18-20H,1H3. The summed E-state index contributed by atoms with van der Waals surface area (Å²) >= 11 is 1.44. The fourth-order valence-electron chi connectivity index (χ4n) is 2.27. The van der Waals surface area contributed by atoms with Crippen molar-refractivity contribution in [3.63, 3.8) is 0 Å². The van der Waals surface area contributed by atoms with E-state index in [0.29, 0.717) is 5.52 Å². The maximum absolute atomic E-state index is 14.3. The molecule has 2 aromatic carbocycles. The van der Waals surface area contributed by atoms with E-state index in [9.17, 15) is 9.50 Å². The van der Waals surface area contributed by atoms with E-state index in [4.69, 9.17) is 10.0 Å². The van der Waals surface area contributed by atoms with Gasteiger partial charge in [0.2, 0.25) is 0 Å². The lowest BCUT2D eigenvalue weighted by molar-refractivity contribution is 0.423. The van der Waals surface area contributed by atoms with Gasteiger partial charge in [0.25, 0.3) is 0 Å². The normalized spacial score (nSPS) is 11.0. The van der Waals surface area contributed by atoms with Gasteiger partial charge in [-0.25, -0.2) is 9.37 Å². The van der Waals surface area contributed by atoms with E-state index in [1.54, 1.807) is 12.1 Å². The van der Waals surface area contributed by atoms with Crippen molar-refractivity contribution in [3.05, 3.63) is 41.2 Å². The number of nitrogens with zero attached hydrogens (tertiary/aromatic N) is 1. The van der Waals surface area contributed by atoms with Crippen molar-refractivity contribution in [2.45, 2.75) is 6.92 Å². The average Bonchev–Trinajstić information content (AvgIpc) is 2.81. The summed E-state index contributed by atoms with van der Waals surface area (Å²) in [4.78, 5) is 4.23. The molecular formula is C14H11BFNO3S. The summed E-state index contributed by atoms with van der Waals surface area (Å²) in [5.41, 5.74) is 0.559. The van der Waals surface area contributed by atoms with E-state index >= 15 is 0 Å².